The van der Waals surface area contributed by atoms with Crippen molar-refractivity contribution in [1.29, 1.82) is 0 Å². The minimum absolute atomic E-state index is 0.133. The Morgan fingerprint density at radius 1 is 1.19 bits per heavy atom. The zero-order valence-corrected chi connectivity index (χ0v) is 15.5. The number of nitrogens with zero attached hydrogens (tertiary/aromatic N) is 1. The first-order valence-electron chi connectivity index (χ1n) is 7.74. The van der Waals surface area contributed by atoms with Crippen LogP contribution in [-0.2, 0) is 22.6 Å². The van der Waals surface area contributed by atoms with Crippen molar-refractivity contribution in [1.82, 2.24) is 4.57 Å². The maximum atomic E-state index is 9.55. The number of carboxylic acid groups (broad SMARTS) is 2. The Bertz CT molecular complexity index is 856. The molecule has 8 heteroatoms. The fraction of sp³-hybridized carbons (Fsp3) is 0.222. The molecule has 1 aromatic heterocycles. The topological polar surface area (TPSA) is 106 Å². The van der Waals surface area contributed by atoms with Gasteiger partial charge in [-0.25, -0.2) is 9.59 Å². The number of fused-ring (bicyclic) bond motifs is 3. The van der Waals surface area contributed by atoms with Crippen molar-refractivity contribution in [2.24, 2.45) is 5.73 Å². The molecule has 1 aromatic carbocycles. The molecular formula is C18H18Cl2N2O4. The van der Waals surface area contributed by atoms with Crippen LogP contribution >= 0.6 is 23.2 Å². The van der Waals surface area contributed by atoms with Crippen molar-refractivity contribution in [3.8, 4) is 11.3 Å². The molecular weight excluding hydrogens is 379 g/mol. The Kier molecular flexibility index (Phi) is 6.47. The smallest absolute Gasteiger partial charge is 0.328 e. The molecule has 0 spiro atoms. The Hall–Kier alpha value is -2.28. The number of nitrogens with two attached hydrogens (primary N) is 1. The van der Waals surface area contributed by atoms with Gasteiger partial charge in [0.1, 0.15) is 0 Å². The summed E-state index contributed by atoms with van der Waals surface area (Å²) in [4.78, 5) is 19.1. The number of carboxylic acids is 2. The van der Waals surface area contributed by atoms with Crippen LogP contribution in [0.4, 0.5) is 0 Å². The summed E-state index contributed by atoms with van der Waals surface area (Å²) in [5, 5.41) is 16.9. The van der Waals surface area contributed by atoms with Crippen LogP contribution in [0.25, 0.3) is 11.3 Å². The average Bonchev–Trinajstić information content (AvgIpc) is 3.06. The molecule has 0 amide bonds. The molecule has 138 valence electrons. The van der Waals surface area contributed by atoms with Crippen LogP contribution in [0.2, 0.25) is 10.0 Å². The summed E-state index contributed by atoms with van der Waals surface area (Å²) in [5.41, 5.74) is 10.9. The summed E-state index contributed by atoms with van der Waals surface area (Å²) in [6, 6.07) is 6.21. The summed E-state index contributed by atoms with van der Waals surface area (Å²) >= 11 is 12.2. The van der Waals surface area contributed by atoms with Crippen LogP contribution in [0.3, 0.4) is 0 Å². The lowest BCUT2D eigenvalue weighted by molar-refractivity contribution is -0.134. The highest BCUT2D eigenvalue weighted by Crippen LogP contribution is 2.41. The van der Waals surface area contributed by atoms with E-state index in [-0.39, 0.29) is 6.04 Å². The molecule has 26 heavy (non-hydrogen) atoms. The van der Waals surface area contributed by atoms with E-state index in [1.54, 1.807) is 0 Å². The second-order valence-electron chi connectivity index (χ2n) is 5.93. The predicted octanol–water partition coefficient (Wildman–Crippen LogP) is 3.43. The Balaban J connectivity index is 0.000000260. The van der Waals surface area contributed by atoms with Crippen molar-refractivity contribution in [2.45, 2.75) is 25.9 Å². The molecule has 0 saturated heterocycles. The van der Waals surface area contributed by atoms with Crippen LogP contribution < -0.4 is 5.73 Å². The molecule has 0 aliphatic heterocycles. The molecule has 1 aliphatic carbocycles. The summed E-state index contributed by atoms with van der Waals surface area (Å²) in [5.74, 6) is -2.51. The van der Waals surface area contributed by atoms with E-state index >= 15 is 0 Å². The molecule has 0 saturated carbocycles. The third kappa shape index (κ3) is 4.88. The Morgan fingerprint density at radius 2 is 1.77 bits per heavy atom. The number of hydrogen-bond acceptors (Lipinski definition) is 3. The van der Waals surface area contributed by atoms with Gasteiger partial charge in [0.05, 0.1) is 15.7 Å². The molecule has 1 heterocycles. The minimum Gasteiger partial charge on any atom is -0.478 e. The highest BCUT2D eigenvalue weighted by molar-refractivity contribution is 6.42. The molecule has 4 N–H and O–H groups in total. The van der Waals surface area contributed by atoms with Gasteiger partial charge in [0.2, 0.25) is 0 Å². The summed E-state index contributed by atoms with van der Waals surface area (Å²) in [6.45, 7) is 2.83. The number of carbonyl (C=O) groups is 2. The van der Waals surface area contributed by atoms with Gasteiger partial charge in [0, 0.05) is 42.9 Å². The number of rotatable bonds is 4. The van der Waals surface area contributed by atoms with Crippen molar-refractivity contribution >= 4 is 35.1 Å². The lowest BCUT2D eigenvalue weighted by Crippen LogP contribution is -2.22. The predicted molar refractivity (Wildman–Crippen MR) is 101 cm³/mol. The van der Waals surface area contributed by atoms with E-state index in [4.69, 9.17) is 39.1 Å². The summed E-state index contributed by atoms with van der Waals surface area (Å²) in [6.07, 6.45) is 4.14. The monoisotopic (exact) mass is 396 g/mol. The molecule has 2 aromatic rings. The summed E-state index contributed by atoms with van der Waals surface area (Å²) in [7, 11) is 0. The largest absolute Gasteiger partial charge is 0.478 e. The normalized spacial score (nSPS) is 12.9. The number of aliphatic carboxylic acids is 2. The van der Waals surface area contributed by atoms with E-state index in [9.17, 15) is 9.59 Å². The van der Waals surface area contributed by atoms with Crippen molar-refractivity contribution in [2.75, 3.05) is 0 Å². The summed E-state index contributed by atoms with van der Waals surface area (Å²) < 4.78 is 2.20. The van der Waals surface area contributed by atoms with Gasteiger partial charge in [0.25, 0.3) is 0 Å². The first-order chi connectivity index (χ1) is 12.2. The fourth-order valence-electron chi connectivity index (χ4n) is 2.75. The van der Waals surface area contributed by atoms with Gasteiger partial charge < -0.3 is 20.5 Å². The lowest BCUT2D eigenvalue weighted by atomic mass is 10.1. The van der Waals surface area contributed by atoms with Gasteiger partial charge in [-0.05, 0) is 36.2 Å². The quantitative estimate of drug-likeness (QED) is 0.585. The van der Waals surface area contributed by atoms with Gasteiger partial charge in [-0.3, -0.25) is 0 Å². The molecule has 6 nitrogen and oxygen atoms in total. The van der Waals surface area contributed by atoms with Gasteiger partial charge in [-0.1, -0.05) is 23.2 Å². The van der Waals surface area contributed by atoms with E-state index in [2.05, 4.69) is 16.8 Å². The van der Waals surface area contributed by atoms with E-state index in [0.717, 1.165) is 13.0 Å². The highest BCUT2D eigenvalue weighted by atomic mass is 35.5. The van der Waals surface area contributed by atoms with Gasteiger partial charge in [0.15, 0.2) is 0 Å². The molecule has 0 radical (unpaired) electrons. The highest BCUT2D eigenvalue weighted by Gasteiger charge is 2.23. The molecule has 1 aliphatic rings. The fourth-order valence-corrected chi connectivity index (χ4v) is 3.10. The third-order valence-corrected chi connectivity index (χ3v) is 4.40. The van der Waals surface area contributed by atoms with Crippen LogP contribution in [-0.4, -0.2) is 32.8 Å². The SMILES string of the molecule is CC(N)Cn1ccc2c1-c1cc(Cl)c(Cl)cc1C2.O=C(O)C=CC(=O)O. The first kappa shape index (κ1) is 20.0. The van der Waals surface area contributed by atoms with Crippen molar-refractivity contribution in [3.05, 3.63) is 57.7 Å². The number of benzene rings is 1. The van der Waals surface area contributed by atoms with E-state index in [1.165, 1.54) is 22.4 Å². The first-order valence-corrected chi connectivity index (χ1v) is 8.50. The van der Waals surface area contributed by atoms with Gasteiger partial charge >= 0.3 is 11.9 Å². The maximum absolute atomic E-state index is 9.55. The van der Waals surface area contributed by atoms with E-state index in [1.807, 2.05) is 19.1 Å². The van der Waals surface area contributed by atoms with E-state index < -0.39 is 11.9 Å². The van der Waals surface area contributed by atoms with Crippen LogP contribution in [0.1, 0.15) is 18.1 Å². The van der Waals surface area contributed by atoms with Gasteiger partial charge in [-0.15, -0.1) is 0 Å². The van der Waals surface area contributed by atoms with Crippen LogP contribution in [0, 0.1) is 0 Å². The van der Waals surface area contributed by atoms with Crippen molar-refractivity contribution < 1.29 is 19.8 Å². The third-order valence-electron chi connectivity index (χ3n) is 3.68. The average molecular weight is 397 g/mol. The second-order valence-corrected chi connectivity index (χ2v) is 6.74. The zero-order valence-electron chi connectivity index (χ0n) is 13.9. The van der Waals surface area contributed by atoms with Crippen LogP contribution in [0.5, 0.6) is 0 Å². The lowest BCUT2D eigenvalue weighted by Gasteiger charge is -2.12. The standard InChI is InChI=1S/C14H14Cl2N2.C4H4O4/c1-8(17)7-18-3-2-9-4-10-5-12(15)13(16)6-11(10)14(9)18;5-3(6)1-2-4(7)8/h2-3,5-6,8H,4,7,17H2,1H3;1-2H,(H,5,6)(H,7,8). The Morgan fingerprint density at radius 3 is 2.31 bits per heavy atom. The molecule has 3 rings (SSSR count). The van der Waals surface area contributed by atoms with Crippen LogP contribution in [0.15, 0.2) is 36.5 Å². The zero-order chi connectivity index (χ0) is 19.4. The maximum Gasteiger partial charge on any atom is 0.328 e. The molecule has 0 fully saturated rings. The van der Waals surface area contributed by atoms with Crippen molar-refractivity contribution in [3.63, 3.8) is 0 Å². The van der Waals surface area contributed by atoms with E-state index in [0.29, 0.717) is 22.2 Å². The number of halogens is 2. The second kappa shape index (κ2) is 8.40. The van der Waals surface area contributed by atoms with Gasteiger partial charge in [-0.2, -0.15) is 0 Å². The number of aromatic nitrogens is 1. The molecule has 0 bridgehead atoms. The number of hydrogen-bond donors (Lipinski definition) is 3. The molecule has 1 atom stereocenters. The Labute approximate surface area is 160 Å². The molecule has 1 unspecified atom stereocenters. The minimum atomic E-state index is -1.26.